The maximum atomic E-state index is 9.65. The number of hydrogen-bond donors (Lipinski definition) is 1. The van der Waals surface area contributed by atoms with Crippen molar-refractivity contribution in [3.8, 4) is 5.75 Å². The fraction of sp³-hybridized carbons (Fsp3) is 0.250. The normalized spacial score (nSPS) is 12.4. The first-order valence-corrected chi connectivity index (χ1v) is 5.96. The van der Waals surface area contributed by atoms with Crippen LogP contribution in [0.2, 0.25) is 0 Å². The highest BCUT2D eigenvalue weighted by molar-refractivity contribution is 9.10. The van der Waals surface area contributed by atoms with E-state index in [9.17, 15) is 5.11 Å². The second-order valence-electron chi connectivity index (χ2n) is 3.63. The maximum Gasteiger partial charge on any atom is 0.174 e. The SMILES string of the molecule is CC(O)c1cc(Br)ccc1OCc1ccno1. The summed E-state index contributed by atoms with van der Waals surface area (Å²) >= 11 is 3.36. The predicted molar refractivity (Wildman–Crippen MR) is 65.6 cm³/mol. The summed E-state index contributed by atoms with van der Waals surface area (Å²) in [5, 5.41) is 13.2. The molecule has 0 radical (unpaired) electrons. The number of hydrogen-bond acceptors (Lipinski definition) is 4. The van der Waals surface area contributed by atoms with Crippen molar-refractivity contribution >= 4 is 15.9 Å². The zero-order chi connectivity index (χ0) is 12.3. The minimum absolute atomic E-state index is 0.293. The van der Waals surface area contributed by atoms with E-state index in [0.29, 0.717) is 18.1 Å². The molecule has 0 aliphatic heterocycles. The van der Waals surface area contributed by atoms with Crippen LogP contribution in [0.1, 0.15) is 24.4 Å². The molecule has 5 heteroatoms. The summed E-state index contributed by atoms with van der Waals surface area (Å²) in [5.74, 6) is 1.28. The van der Waals surface area contributed by atoms with Gasteiger partial charge in [0.1, 0.15) is 12.4 Å². The van der Waals surface area contributed by atoms with E-state index in [0.717, 1.165) is 10.0 Å². The molecular weight excluding hydrogens is 286 g/mol. The molecule has 0 fully saturated rings. The summed E-state index contributed by atoms with van der Waals surface area (Å²) in [4.78, 5) is 0. The molecule has 2 rings (SSSR count). The monoisotopic (exact) mass is 297 g/mol. The zero-order valence-corrected chi connectivity index (χ0v) is 10.8. The van der Waals surface area contributed by atoms with Crippen molar-refractivity contribution in [2.45, 2.75) is 19.6 Å². The fourth-order valence-electron chi connectivity index (χ4n) is 1.44. The number of rotatable bonds is 4. The van der Waals surface area contributed by atoms with Crippen molar-refractivity contribution in [2.75, 3.05) is 0 Å². The van der Waals surface area contributed by atoms with Gasteiger partial charge < -0.3 is 14.4 Å². The van der Waals surface area contributed by atoms with E-state index in [1.807, 2.05) is 18.2 Å². The van der Waals surface area contributed by atoms with Gasteiger partial charge in [0, 0.05) is 16.1 Å². The molecule has 0 spiro atoms. The van der Waals surface area contributed by atoms with Crippen LogP contribution in [0.3, 0.4) is 0 Å². The Bertz CT molecular complexity index is 483. The quantitative estimate of drug-likeness (QED) is 0.942. The van der Waals surface area contributed by atoms with Crippen molar-refractivity contribution in [1.82, 2.24) is 5.16 Å². The molecule has 17 heavy (non-hydrogen) atoms. The highest BCUT2D eigenvalue weighted by atomic mass is 79.9. The molecule has 0 saturated carbocycles. The average molecular weight is 298 g/mol. The number of ether oxygens (including phenoxy) is 1. The minimum atomic E-state index is -0.586. The van der Waals surface area contributed by atoms with Crippen LogP contribution in [-0.2, 0) is 6.61 Å². The Morgan fingerprint density at radius 2 is 2.29 bits per heavy atom. The lowest BCUT2D eigenvalue weighted by Gasteiger charge is -2.12. The lowest BCUT2D eigenvalue weighted by atomic mass is 10.1. The smallest absolute Gasteiger partial charge is 0.174 e. The molecular formula is C12H12BrNO3. The number of aromatic nitrogens is 1. The standard InChI is InChI=1S/C12H12BrNO3/c1-8(15)11-6-9(13)2-3-12(11)16-7-10-4-5-14-17-10/h2-6,8,15H,7H2,1H3. The van der Waals surface area contributed by atoms with Crippen molar-refractivity contribution < 1.29 is 14.4 Å². The highest BCUT2D eigenvalue weighted by Crippen LogP contribution is 2.29. The number of aliphatic hydroxyl groups is 1. The van der Waals surface area contributed by atoms with Gasteiger partial charge in [0.25, 0.3) is 0 Å². The van der Waals surface area contributed by atoms with E-state index >= 15 is 0 Å². The number of nitrogens with zero attached hydrogens (tertiary/aromatic N) is 1. The van der Waals surface area contributed by atoms with Gasteiger partial charge in [0.2, 0.25) is 0 Å². The van der Waals surface area contributed by atoms with Gasteiger partial charge in [0.15, 0.2) is 5.76 Å². The van der Waals surface area contributed by atoms with Gasteiger partial charge in [-0.2, -0.15) is 0 Å². The summed E-state index contributed by atoms with van der Waals surface area (Å²) in [7, 11) is 0. The van der Waals surface area contributed by atoms with Crippen LogP contribution < -0.4 is 4.74 Å². The van der Waals surface area contributed by atoms with E-state index in [1.165, 1.54) is 0 Å². The third-order valence-corrected chi connectivity index (χ3v) is 2.78. The van der Waals surface area contributed by atoms with Crippen LogP contribution in [-0.4, -0.2) is 10.3 Å². The van der Waals surface area contributed by atoms with Gasteiger partial charge in [-0.25, -0.2) is 0 Å². The average Bonchev–Trinajstić information content (AvgIpc) is 2.80. The van der Waals surface area contributed by atoms with Crippen LogP contribution in [0, 0.1) is 0 Å². The van der Waals surface area contributed by atoms with Gasteiger partial charge in [-0.3, -0.25) is 0 Å². The van der Waals surface area contributed by atoms with Gasteiger partial charge in [-0.1, -0.05) is 21.1 Å². The summed E-state index contributed by atoms with van der Waals surface area (Å²) in [6.07, 6.45) is 0.979. The van der Waals surface area contributed by atoms with Gasteiger partial charge in [-0.15, -0.1) is 0 Å². The molecule has 90 valence electrons. The minimum Gasteiger partial charge on any atom is -0.485 e. The van der Waals surface area contributed by atoms with E-state index in [4.69, 9.17) is 9.26 Å². The molecule has 1 heterocycles. The first-order chi connectivity index (χ1) is 8.16. The van der Waals surface area contributed by atoms with E-state index in [2.05, 4.69) is 21.1 Å². The van der Waals surface area contributed by atoms with Crippen LogP contribution in [0.25, 0.3) is 0 Å². The van der Waals surface area contributed by atoms with Gasteiger partial charge >= 0.3 is 0 Å². The first kappa shape index (κ1) is 12.1. The largest absolute Gasteiger partial charge is 0.485 e. The number of halogens is 1. The summed E-state index contributed by atoms with van der Waals surface area (Å²) in [6, 6.07) is 7.24. The Labute approximate surface area is 107 Å². The van der Waals surface area contributed by atoms with Crippen molar-refractivity contribution in [2.24, 2.45) is 0 Å². The molecule has 2 aromatic rings. The lowest BCUT2D eigenvalue weighted by molar-refractivity contribution is 0.186. The molecule has 0 saturated heterocycles. The third kappa shape index (κ3) is 3.08. The lowest BCUT2D eigenvalue weighted by Crippen LogP contribution is -2.00. The van der Waals surface area contributed by atoms with Crippen molar-refractivity contribution in [1.29, 1.82) is 0 Å². The van der Waals surface area contributed by atoms with E-state index in [-0.39, 0.29) is 0 Å². The number of benzene rings is 1. The molecule has 0 bridgehead atoms. The van der Waals surface area contributed by atoms with E-state index < -0.39 is 6.10 Å². The Kier molecular flexibility index (Phi) is 3.81. The molecule has 1 unspecified atom stereocenters. The van der Waals surface area contributed by atoms with Crippen LogP contribution in [0.4, 0.5) is 0 Å². The van der Waals surface area contributed by atoms with Crippen molar-refractivity contribution in [3.05, 3.63) is 46.3 Å². The number of aliphatic hydroxyl groups excluding tert-OH is 1. The summed E-state index contributed by atoms with van der Waals surface area (Å²) < 4.78 is 11.4. The van der Waals surface area contributed by atoms with Crippen LogP contribution >= 0.6 is 15.9 Å². The Balaban J connectivity index is 2.14. The Morgan fingerprint density at radius 3 is 2.94 bits per heavy atom. The first-order valence-electron chi connectivity index (χ1n) is 5.16. The summed E-state index contributed by atoms with van der Waals surface area (Å²) in [6.45, 7) is 1.99. The molecule has 4 nitrogen and oxygen atoms in total. The molecule has 1 N–H and O–H groups in total. The molecule has 0 aliphatic rings. The summed E-state index contributed by atoms with van der Waals surface area (Å²) in [5.41, 5.74) is 0.735. The molecule has 0 aliphatic carbocycles. The molecule has 1 aromatic heterocycles. The molecule has 1 atom stereocenters. The Morgan fingerprint density at radius 1 is 1.47 bits per heavy atom. The van der Waals surface area contributed by atoms with Gasteiger partial charge in [0.05, 0.1) is 12.3 Å². The fourth-order valence-corrected chi connectivity index (χ4v) is 1.82. The Hall–Kier alpha value is -1.33. The zero-order valence-electron chi connectivity index (χ0n) is 9.26. The van der Waals surface area contributed by atoms with E-state index in [1.54, 1.807) is 19.2 Å². The molecule has 0 amide bonds. The van der Waals surface area contributed by atoms with Crippen molar-refractivity contribution in [3.63, 3.8) is 0 Å². The maximum absolute atomic E-state index is 9.65. The topological polar surface area (TPSA) is 55.5 Å². The molecule has 1 aromatic carbocycles. The van der Waals surface area contributed by atoms with Crippen LogP contribution in [0.5, 0.6) is 5.75 Å². The second-order valence-corrected chi connectivity index (χ2v) is 4.54. The second kappa shape index (κ2) is 5.33. The third-order valence-electron chi connectivity index (χ3n) is 2.28. The van der Waals surface area contributed by atoms with Gasteiger partial charge in [-0.05, 0) is 25.1 Å². The van der Waals surface area contributed by atoms with Crippen LogP contribution in [0.15, 0.2) is 39.5 Å². The predicted octanol–water partition coefficient (Wildman–Crippen LogP) is 3.07. The highest BCUT2D eigenvalue weighted by Gasteiger charge is 2.10.